The molecule has 0 bridgehead atoms. The largest absolute Gasteiger partial charge is 0.329 e. The van der Waals surface area contributed by atoms with Crippen LogP contribution in [0.5, 0.6) is 0 Å². The van der Waals surface area contributed by atoms with Gasteiger partial charge in [-0.25, -0.2) is 4.39 Å². The predicted molar refractivity (Wildman–Crippen MR) is 81.1 cm³/mol. The molecule has 0 fully saturated rings. The number of nitrogens with two attached hydrogens (primary N) is 1. The average Bonchev–Trinajstić information content (AvgIpc) is 2.42. The summed E-state index contributed by atoms with van der Waals surface area (Å²) >= 11 is 0. The standard InChI is InChI=1S/C16H25FN2O/c1-4-8-16(11-18,9-5-2)15(20)19-13-7-6-12(3)14(17)10-13/h6-7,10H,4-5,8-9,11,18H2,1-3H3,(H,19,20). The van der Waals surface area contributed by atoms with E-state index in [-0.39, 0.29) is 11.7 Å². The van der Waals surface area contributed by atoms with E-state index >= 15 is 0 Å². The lowest BCUT2D eigenvalue weighted by Gasteiger charge is -2.30. The predicted octanol–water partition coefficient (Wildman–Crippen LogP) is 3.62. The number of hydrogen-bond acceptors (Lipinski definition) is 2. The fraction of sp³-hybridized carbons (Fsp3) is 0.562. The molecule has 3 nitrogen and oxygen atoms in total. The second kappa shape index (κ2) is 7.39. The summed E-state index contributed by atoms with van der Waals surface area (Å²) in [6.07, 6.45) is 3.29. The lowest BCUT2D eigenvalue weighted by molar-refractivity contribution is -0.126. The van der Waals surface area contributed by atoms with Crippen LogP contribution in [0.3, 0.4) is 0 Å². The summed E-state index contributed by atoms with van der Waals surface area (Å²) in [6, 6.07) is 4.73. The van der Waals surface area contributed by atoms with Crippen LogP contribution in [0.2, 0.25) is 0 Å². The number of carbonyl (C=O) groups is 1. The molecule has 1 aromatic carbocycles. The Morgan fingerprint density at radius 1 is 1.30 bits per heavy atom. The van der Waals surface area contributed by atoms with Gasteiger partial charge < -0.3 is 11.1 Å². The Morgan fingerprint density at radius 2 is 1.90 bits per heavy atom. The van der Waals surface area contributed by atoms with E-state index in [4.69, 9.17) is 5.73 Å². The lowest BCUT2D eigenvalue weighted by Crippen LogP contribution is -2.42. The van der Waals surface area contributed by atoms with Gasteiger partial charge in [-0.15, -0.1) is 0 Å². The Morgan fingerprint density at radius 3 is 2.35 bits per heavy atom. The maximum absolute atomic E-state index is 13.5. The summed E-state index contributed by atoms with van der Waals surface area (Å²) in [5.41, 5.74) is 6.36. The first kappa shape index (κ1) is 16.6. The smallest absolute Gasteiger partial charge is 0.231 e. The highest BCUT2D eigenvalue weighted by molar-refractivity contribution is 5.95. The third-order valence-electron chi connectivity index (χ3n) is 3.76. The quantitative estimate of drug-likeness (QED) is 0.801. The molecule has 3 N–H and O–H groups in total. The Balaban J connectivity index is 2.92. The van der Waals surface area contributed by atoms with Crippen molar-refractivity contribution in [1.82, 2.24) is 0 Å². The van der Waals surface area contributed by atoms with Crippen LogP contribution >= 0.6 is 0 Å². The minimum Gasteiger partial charge on any atom is -0.329 e. The van der Waals surface area contributed by atoms with Gasteiger partial charge in [-0.3, -0.25) is 4.79 Å². The van der Waals surface area contributed by atoms with Crippen molar-refractivity contribution in [3.8, 4) is 0 Å². The topological polar surface area (TPSA) is 55.1 Å². The number of amides is 1. The Kier molecular flexibility index (Phi) is 6.14. The minimum absolute atomic E-state index is 0.105. The molecule has 1 rings (SSSR count). The first-order chi connectivity index (χ1) is 9.49. The average molecular weight is 280 g/mol. The van der Waals surface area contributed by atoms with E-state index in [9.17, 15) is 9.18 Å². The summed E-state index contributed by atoms with van der Waals surface area (Å²) in [5.74, 6) is -0.418. The van der Waals surface area contributed by atoms with Crippen molar-refractivity contribution in [3.05, 3.63) is 29.6 Å². The SMILES string of the molecule is CCCC(CN)(CCC)C(=O)Nc1ccc(C)c(F)c1. The zero-order valence-corrected chi connectivity index (χ0v) is 12.6. The van der Waals surface area contributed by atoms with Crippen molar-refractivity contribution < 1.29 is 9.18 Å². The second-order valence-electron chi connectivity index (χ2n) is 5.40. The number of hydrogen-bond donors (Lipinski definition) is 2. The Labute approximate surface area is 120 Å². The van der Waals surface area contributed by atoms with Gasteiger partial charge in [0.05, 0.1) is 5.41 Å². The fourth-order valence-electron chi connectivity index (χ4n) is 2.54. The van der Waals surface area contributed by atoms with Crippen LogP contribution in [-0.2, 0) is 4.79 Å². The molecule has 0 spiro atoms. The monoisotopic (exact) mass is 280 g/mol. The van der Waals surface area contributed by atoms with Crippen LogP contribution < -0.4 is 11.1 Å². The summed E-state index contributed by atoms with van der Waals surface area (Å²) in [7, 11) is 0. The molecule has 0 aliphatic carbocycles. The zero-order chi connectivity index (χ0) is 15.2. The van der Waals surface area contributed by atoms with E-state index in [0.717, 1.165) is 25.7 Å². The molecule has 20 heavy (non-hydrogen) atoms. The number of benzene rings is 1. The molecule has 0 radical (unpaired) electrons. The molecule has 0 aliphatic heterocycles. The molecule has 4 heteroatoms. The molecule has 0 aliphatic rings. The highest BCUT2D eigenvalue weighted by atomic mass is 19.1. The van der Waals surface area contributed by atoms with Crippen LogP contribution in [0.25, 0.3) is 0 Å². The summed E-state index contributed by atoms with van der Waals surface area (Å²) in [5, 5.41) is 2.81. The first-order valence-corrected chi connectivity index (χ1v) is 7.26. The van der Waals surface area contributed by atoms with Crippen molar-refractivity contribution >= 4 is 11.6 Å². The fourth-order valence-corrected chi connectivity index (χ4v) is 2.54. The van der Waals surface area contributed by atoms with E-state index in [2.05, 4.69) is 5.32 Å². The highest BCUT2D eigenvalue weighted by Gasteiger charge is 2.35. The second-order valence-corrected chi connectivity index (χ2v) is 5.40. The van der Waals surface area contributed by atoms with Gasteiger partial charge in [0.1, 0.15) is 5.82 Å². The van der Waals surface area contributed by atoms with Gasteiger partial charge in [0.25, 0.3) is 0 Å². The minimum atomic E-state index is -0.551. The molecule has 0 unspecified atom stereocenters. The van der Waals surface area contributed by atoms with Crippen molar-refractivity contribution in [3.63, 3.8) is 0 Å². The maximum atomic E-state index is 13.5. The van der Waals surface area contributed by atoms with Gasteiger partial charge in [0, 0.05) is 12.2 Å². The number of carbonyl (C=O) groups excluding carboxylic acids is 1. The number of aryl methyl sites for hydroxylation is 1. The molecule has 0 saturated carbocycles. The molecule has 0 heterocycles. The third kappa shape index (κ3) is 3.79. The van der Waals surface area contributed by atoms with Crippen molar-refractivity contribution in [2.45, 2.75) is 46.5 Å². The van der Waals surface area contributed by atoms with Crippen LogP contribution in [0.15, 0.2) is 18.2 Å². The normalized spacial score (nSPS) is 11.4. The van der Waals surface area contributed by atoms with E-state index in [1.165, 1.54) is 6.07 Å². The van der Waals surface area contributed by atoms with E-state index in [0.29, 0.717) is 17.8 Å². The number of anilines is 1. The molecule has 0 aromatic heterocycles. The van der Waals surface area contributed by atoms with Gasteiger partial charge in [0.15, 0.2) is 0 Å². The van der Waals surface area contributed by atoms with Crippen molar-refractivity contribution in [2.75, 3.05) is 11.9 Å². The number of rotatable bonds is 7. The molecule has 0 atom stereocenters. The van der Waals surface area contributed by atoms with Gasteiger partial charge in [-0.1, -0.05) is 32.8 Å². The van der Waals surface area contributed by atoms with E-state index in [1.807, 2.05) is 13.8 Å². The van der Waals surface area contributed by atoms with Crippen LogP contribution in [-0.4, -0.2) is 12.5 Å². The van der Waals surface area contributed by atoms with Gasteiger partial charge >= 0.3 is 0 Å². The van der Waals surface area contributed by atoms with Crippen LogP contribution in [0.4, 0.5) is 10.1 Å². The Hall–Kier alpha value is -1.42. The molecular weight excluding hydrogens is 255 g/mol. The van der Waals surface area contributed by atoms with E-state index in [1.54, 1.807) is 19.1 Å². The van der Waals surface area contributed by atoms with Crippen LogP contribution in [0, 0.1) is 18.2 Å². The maximum Gasteiger partial charge on any atom is 0.231 e. The Bertz CT molecular complexity index is 454. The molecule has 1 amide bonds. The summed E-state index contributed by atoms with van der Waals surface area (Å²) < 4.78 is 13.5. The molecule has 0 saturated heterocycles. The zero-order valence-electron chi connectivity index (χ0n) is 12.6. The molecular formula is C16H25FN2O. The highest BCUT2D eigenvalue weighted by Crippen LogP contribution is 2.30. The van der Waals surface area contributed by atoms with Gasteiger partial charge in [-0.2, -0.15) is 0 Å². The number of nitrogens with one attached hydrogen (secondary N) is 1. The number of halogens is 1. The van der Waals surface area contributed by atoms with Gasteiger partial charge in [0.2, 0.25) is 5.91 Å². The van der Waals surface area contributed by atoms with Gasteiger partial charge in [-0.05, 0) is 37.5 Å². The molecule has 112 valence electrons. The van der Waals surface area contributed by atoms with E-state index < -0.39 is 5.41 Å². The van der Waals surface area contributed by atoms with Crippen LogP contribution in [0.1, 0.15) is 45.1 Å². The third-order valence-corrected chi connectivity index (χ3v) is 3.76. The van der Waals surface area contributed by atoms with Crippen molar-refractivity contribution in [1.29, 1.82) is 0 Å². The molecule has 1 aromatic rings. The first-order valence-electron chi connectivity index (χ1n) is 7.26. The van der Waals surface area contributed by atoms with Crippen molar-refractivity contribution in [2.24, 2.45) is 11.1 Å². The summed E-state index contributed by atoms with van der Waals surface area (Å²) in [4.78, 5) is 12.5. The summed E-state index contributed by atoms with van der Waals surface area (Å²) in [6.45, 7) is 6.09. The lowest BCUT2D eigenvalue weighted by atomic mass is 9.78.